The third-order valence-corrected chi connectivity index (χ3v) is 4.80. The molecule has 1 aromatic carbocycles. The van der Waals surface area contributed by atoms with E-state index in [1.54, 1.807) is 53.7 Å². The van der Waals surface area contributed by atoms with E-state index in [0.717, 1.165) is 30.2 Å². The maximum absolute atomic E-state index is 12.8. The lowest BCUT2D eigenvalue weighted by molar-refractivity contribution is -0.138. The molecule has 7 heteroatoms. The number of benzene rings is 1. The van der Waals surface area contributed by atoms with Gasteiger partial charge in [0.2, 0.25) is 0 Å². The van der Waals surface area contributed by atoms with Gasteiger partial charge < -0.3 is 19.2 Å². The summed E-state index contributed by atoms with van der Waals surface area (Å²) < 4.78 is 16.3. The van der Waals surface area contributed by atoms with Crippen LogP contribution in [0.5, 0.6) is 5.75 Å². The van der Waals surface area contributed by atoms with E-state index in [-0.39, 0.29) is 11.7 Å². The first kappa shape index (κ1) is 24.4. The molecule has 0 radical (unpaired) electrons. The monoisotopic (exact) mass is 431 g/mol. The highest BCUT2D eigenvalue weighted by atomic mass is 16.6. The molecule has 0 saturated carbocycles. The summed E-state index contributed by atoms with van der Waals surface area (Å²) in [6, 6.07) is 4.11. The summed E-state index contributed by atoms with van der Waals surface area (Å²) in [5.74, 6) is -0.558. The van der Waals surface area contributed by atoms with Crippen molar-refractivity contribution in [1.82, 2.24) is 5.32 Å². The minimum absolute atomic E-state index is 0.223. The molecule has 0 spiro atoms. The molecule has 0 aliphatic heterocycles. The first-order valence-corrected chi connectivity index (χ1v) is 10.7. The van der Waals surface area contributed by atoms with Crippen molar-refractivity contribution in [3.8, 4) is 5.75 Å². The molecule has 1 atom stereocenters. The van der Waals surface area contributed by atoms with Gasteiger partial charge in [0.05, 0.1) is 0 Å². The molecule has 0 aliphatic rings. The normalized spacial score (nSPS) is 12.6. The molecule has 1 heterocycles. The van der Waals surface area contributed by atoms with Crippen LogP contribution in [0.3, 0.4) is 0 Å². The fourth-order valence-electron chi connectivity index (χ4n) is 3.20. The number of alkyl carbamates (subject to hydrolysis) is 1. The molecule has 1 amide bonds. The summed E-state index contributed by atoms with van der Waals surface area (Å²) in [6.07, 6.45) is 2.05. The zero-order valence-corrected chi connectivity index (χ0v) is 19.5. The van der Waals surface area contributed by atoms with Crippen LogP contribution in [0.1, 0.15) is 65.5 Å². The second-order valence-corrected chi connectivity index (χ2v) is 9.05. The van der Waals surface area contributed by atoms with E-state index >= 15 is 0 Å². The number of esters is 1. The summed E-state index contributed by atoms with van der Waals surface area (Å²) in [4.78, 5) is 37.0. The van der Waals surface area contributed by atoms with Gasteiger partial charge in [-0.2, -0.15) is 0 Å². The van der Waals surface area contributed by atoms with Crippen molar-refractivity contribution in [2.45, 2.75) is 79.4 Å². The molecule has 2 rings (SSSR count). The number of hydrogen-bond donors (Lipinski definition) is 1. The number of ether oxygens (including phenoxy) is 2. The Morgan fingerprint density at radius 1 is 1.19 bits per heavy atom. The van der Waals surface area contributed by atoms with Crippen molar-refractivity contribution in [2.75, 3.05) is 0 Å². The van der Waals surface area contributed by atoms with Crippen LogP contribution in [0, 0.1) is 12.8 Å². The highest BCUT2D eigenvalue weighted by molar-refractivity contribution is 5.88. The Balaban J connectivity index is 2.30. The fraction of sp³-hybridized carbons (Fsp3) is 0.542. The Morgan fingerprint density at radius 2 is 1.87 bits per heavy atom. The van der Waals surface area contributed by atoms with Gasteiger partial charge in [0.1, 0.15) is 23.0 Å². The number of carbonyl (C=O) groups excluding carboxylic acids is 2. The Morgan fingerprint density at radius 3 is 2.45 bits per heavy atom. The summed E-state index contributed by atoms with van der Waals surface area (Å²) in [7, 11) is 0. The molecule has 170 valence electrons. The molecule has 7 nitrogen and oxygen atoms in total. The molecular formula is C24H33NO6. The van der Waals surface area contributed by atoms with E-state index < -0.39 is 29.3 Å². The summed E-state index contributed by atoms with van der Waals surface area (Å²) in [6.45, 7) is 12.7. The molecule has 31 heavy (non-hydrogen) atoms. The van der Waals surface area contributed by atoms with Crippen molar-refractivity contribution >= 4 is 23.0 Å². The lowest BCUT2D eigenvalue weighted by atomic mass is 10.0. The number of fused-ring (bicyclic) bond motifs is 1. The molecule has 0 saturated heterocycles. The van der Waals surface area contributed by atoms with E-state index in [9.17, 15) is 14.4 Å². The third-order valence-electron chi connectivity index (χ3n) is 4.80. The molecule has 0 fully saturated rings. The predicted octanol–water partition coefficient (Wildman–Crippen LogP) is 4.90. The first-order valence-electron chi connectivity index (χ1n) is 10.7. The van der Waals surface area contributed by atoms with Gasteiger partial charge in [0.15, 0.2) is 0 Å². The van der Waals surface area contributed by atoms with Gasteiger partial charge >= 0.3 is 17.7 Å². The summed E-state index contributed by atoms with van der Waals surface area (Å²) in [5.41, 5.74) is 0.765. The Kier molecular flexibility index (Phi) is 7.87. The maximum atomic E-state index is 12.8. The molecule has 1 N–H and O–H groups in total. The second kappa shape index (κ2) is 9.98. The molecule has 0 bridgehead atoms. The minimum atomic E-state index is -0.896. The standard InChI is InChI=1S/C24H33NO6/c1-8-9-10-16-13-19(26)30-21-15(4)18(12-11-17(16)21)29-22(27)20(14(2)3)25-23(28)31-24(5,6)7/h11-14,20H,8-10H2,1-7H3,(H,25,28)/t20-/m1/s1. The van der Waals surface area contributed by atoms with E-state index in [2.05, 4.69) is 12.2 Å². The van der Waals surface area contributed by atoms with Crippen molar-refractivity contribution in [3.05, 3.63) is 39.7 Å². The van der Waals surface area contributed by atoms with Crippen LogP contribution < -0.4 is 15.7 Å². The van der Waals surface area contributed by atoms with Gasteiger partial charge in [-0.1, -0.05) is 27.2 Å². The molecule has 2 aromatic rings. The van der Waals surface area contributed by atoms with Crippen molar-refractivity contribution in [3.63, 3.8) is 0 Å². The maximum Gasteiger partial charge on any atom is 0.408 e. The average molecular weight is 432 g/mol. The topological polar surface area (TPSA) is 94.8 Å². The highest BCUT2D eigenvalue weighted by Gasteiger charge is 2.29. The first-order chi connectivity index (χ1) is 14.4. The number of amides is 1. The molecule has 0 unspecified atom stereocenters. The van der Waals surface area contributed by atoms with Gasteiger partial charge in [-0.25, -0.2) is 14.4 Å². The van der Waals surface area contributed by atoms with Gasteiger partial charge in [0.25, 0.3) is 0 Å². The van der Waals surface area contributed by atoms with Gasteiger partial charge in [0, 0.05) is 17.0 Å². The number of aryl methyl sites for hydroxylation is 2. The van der Waals surface area contributed by atoms with Gasteiger partial charge in [-0.15, -0.1) is 0 Å². The number of carbonyl (C=O) groups is 2. The molecule has 1 aromatic heterocycles. The Hall–Kier alpha value is -2.83. The SMILES string of the molecule is CCCCc1cc(=O)oc2c(C)c(OC(=O)[C@H](NC(=O)OC(C)(C)C)C(C)C)ccc12. The van der Waals surface area contributed by atoms with E-state index in [1.165, 1.54) is 6.07 Å². The fourth-order valence-corrected chi connectivity index (χ4v) is 3.20. The minimum Gasteiger partial charge on any atom is -0.444 e. The van der Waals surface area contributed by atoms with Crippen LogP contribution in [0.2, 0.25) is 0 Å². The van der Waals surface area contributed by atoms with Crippen molar-refractivity contribution in [1.29, 1.82) is 0 Å². The summed E-state index contributed by atoms with van der Waals surface area (Å²) >= 11 is 0. The molecular weight excluding hydrogens is 398 g/mol. The van der Waals surface area contributed by atoms with Crippen LogP contribution in [-0.2, 0) is 16.0 Å². The number of unbranched alkanes of at least 4 members (excludes halogenated alkanes) is 1. The average Bonchev–Trinajstić information content (AvgIpc) is 2.65. The van der Waals surface area contributed by atoms with E-state index in [1.807, 2.05) is 0 Å². The van der Waals surface area contributed by atoms with Gasteiger partial charge in [-0.3, -0.25) is 0 Å². The van der Waals surface area contributed by atoms with Crippen molar-refractivity contribution in [2.24, 2.45) is 5.92 Å². The lowest BCUT2D eigenvalue weighted by Gasteiger charge is -2.24. The zero-order chi connectivity index (χ0) is 23.3. The number of hydrogen-bond acceptors (Lipinski definition) is 6. The van der Waals surface area contributed by atoms with Crippen LogP contribution in [0.25, 0.3) is 11.0 Å². The van der Waals surface area contributed by atoms with E-state index in [0.29, 0.717) is 11.1 Å². The number of rotatable bonds is 7. The smallest absolute Gasteiger partial charge is 0.408 e. The zero-order valence-electron chi connectivity index (χ0n) is 19.5. The predicted molar refractivity (Wildman–Crippen MR) is 119 cm³/mol. The largest absolute Gasteiger partial charge is 0.444 e. The van der Waals surface area contributed by atoms with Crippen LogP contribution >= 0.6 is 0 Å². The molecule has 0 aliphatic carbocycles. The third kappa shape index (κ3) is 6.57. The van der Waals surface area contributed by atoms with E-state index in [4.69, 9.17) is 13.9 Å². The Labute approximate surface area is 183 Å². The lowest BCUT2D eigenvalue weighted by Crippen LogP contribution is -2.48. The van der Waals surface area contributed by atoms with Crippen LogP contribution in [-0.4, -0.2) is 23.7 Å². The highest BCUT2D eigenvalue weighted by Crippen LogP contribution is 2.29. The summed E-state index contributed by atoms with van der Waals surface area (Å²) in [5, 5.41) is 3.41. The van der Waals surface area contributed by atoms with Crippen molar-refractivity contribution < 1.29 is 23.5 Å². The van der Waals surface area contributed by atoms with Crippen LogP contribution in [0.15, 0.2) is 27.4 Å². The quantitative estimate of drug-likeness (QED) is 0.381. The number of nitrogens with one attached hydrogen (secondary N) is 1. The van der Waals surface area contributed by atoms with Crippen LogP contribution in [0.4, 0.5) is 4.79 Å². The second-order valence-electron chi connectivity index (χ2n) is 9.05. The Bertz CT molecular complexity index is 1000. The van der Waals surface area contributed by atoms with Gasteiger partial charge in [-0.05, 0) is 64.2 Å².